The molecule has 9 heteroatoms. The number of aryl methyl sites for hydroxylation is 1. The topological polar surface area (TPSA) is 67.1 Å². The Morgan fingerprint density at radius 1 is 1.26 bits per heavy atom. The molecule has 0 radical (unpaired) electrons. The van der Waals surface area contributed by atoms with Crippen molar-refractivity contribution in [3.05, 3.63) is 46.0 Å². The Morgan fingerprint density at radius 3 is 2.56 bits per heavy atom. The van der Waals surface area contributed by atoms with Crippen molar-refractivity contribution in [3.8, 4) is 0 Å². The van der Waals surface area contributed by atoms with Crippen molar-refractivity contribution < 1.29 is 0 Å². The zero-order chi connectivity index (χ0) is 19.1. The van der Waals surface area contributed by atoms with E-state index in [1.165, 1.54) is 6.33 Å². The summed E-state index contributed by atoms with van der Waals surface area (Å²) in [5.41, 5.74) is 1.11. The summed E-state index contributed by atoms with van der Waals surface area (Å²) in [5, 5.41) is 12.1. The van der Waals surface area contributed by atoms with E-state index < -0.39 is 0 Å². The van der Waals surface area contributed by atoms with Gasteiger partial charge in [-0.25, -0.2) is 4.98 Å². The second-order valence-electron chi connectivity index (χ2n) is 6.55. The van der Waals surface area contributed by atoms with Crippen LogP contribution in [0.3, 0.4) is 0 Å². The summed E-state index contributed by atoms with van der Waals surface area (Å²) in [6.45, 7) is 5.78. The molecule has 0 aliphatic rings. The highest BCUT2D eigenvalue weighted by atomic mass is 127. The maximum atomic E-state index is 6.33. The molecule has 2 aromatic rings. The Kier molecular flexibility index (Phi) is 10.4. The number of hydrogen-bond acceptors (Lipinski definition) is 3. The van der Waals surface area contributed by atoms with Crippen LogP contribution in [0.5, 0.6) is 0 Å². The highest BCUT2D eigenvalue weighted by Gasteiger charge is 2.16. The van der Waals surface area contributed by atoms with Crippen LogP contribution < -0.4 is 10.6 Å². The first kappa shape index (κ1) is 24.0. The van der Waals surface area contributed by atoms with Crippen molar-refractivity contribution in [2.45, 2.75) is 26.8 Å². The molecule has 0 aliphatic heterocycles. The smallest absolute Gasteiger partial charge is 0.191 e. The van der Waals surface area contributed by atoms with E-state index >= 15 is 0 Å². The van der Waals surface area contributed by atoms with Crippen LogP contribution in [-0.2, 0) is 20.0 Å². The zero-order valence-electron chi connectivity index (χ0n) is 16.0. The van der Waals surface area contributed by atoms with Crippen molar-refractivity contribution in [2.75, 3.05) is 13.6 Å². The monoisotopic (exact) mass is 524 g/mol. The molecule has 27 heavy (non-hydrogen) atoms. The Bertz CT molecular complexity index is 747. The van der Waals surface area contributed by atoms with Crippen LogP contribution in [0.1, 0.15) is 25.2 Å². The van der Waals surface area contributed by atoms with E-state index in [1.54, 1.807) is 17.8 Å². The molecule has 0 amide bonds. The molecule has 0 aliphatic carbocycles. The molecule has 0 fully saturated rings. The predicted octanol–water partition coefficient (Wildman–Crippen LogP) is 3.92. The maximum Gasteiger partial charge on any atom is 0.191 e. The average molecular weight is 525 g/mol. The quantitative estimate of drug-likeness (QED) is 0.327. The minimum Gasteiger partial charge on any atom is -0.356 e. The maximum absolute atomic E-state index is 6.33. The van der Waals surface area contributed by atoms with Gasteiger partial charge in [-0.3, -0.25) is 9.67 Å². The number of rotatable bonds is 7. The summed E-state index contributed by atoms with van der Waals surface area (Å²) in [6.07, 6.45) is 2.42. The van der Waals surface area contributed by atoms with Crippen LogP contribution in [0.4, 0.5) is 0 Å². The van der Waals surface area contributed by atoms with E-state index in [1.807, 2.05) is 19.2 Å². The highest BCUT2D eigenvalue weighted by Crippen LogP contribution is 2.25. The SMILES string of the molecule is CN=C(NCc1ncnn1C)NCC(Cc1ccc(Cl)cc1Cl)C(C)C.I. The van der Waals surface area contributed by atoms with E-state index in [-0.39, 0.29) is 24.0 Å². The Morgan fingerprint density at radius 2 is 2.00 bits per heavy atom. The molecule has 1 atom stereocenters. The van der Waals surface area contributed by atoms with Gasteiger partial charge in [0.05, 0.1) is 6.54 Å². The number of aromatic nitrogens is 3. The average Bonchev–Trinajstić information content (AvgIpc) is 3.00. The van der Waals surface area contributed by atoms with Gasteiger partial charge in [0.15, 0.2) is 5.96 Å². The van der Waals surface area contributed by atoms with Gasteiger partial charge in [0, 0.05) is 30.7 Å². The molecule has 1 aromatic heterocycles. The lowest BCUT2D eigenvalue weighted by Crippen LogP contribution is -2.41. The number of benzene rings is 1. The van der Waals surface area contributed by atoms with Crippen molar-refractivity contribution in [1.82, 2.24) is 25.4 Å². The third-order valence-electron chi connectivity index (χ3n) is 4.41. The second kappa shape index (κ2) is 11.7. The molecular formula is C18H27Cl2IN6. The molecule has 0 saturated heterocycles. The first-order valence-electron chi connectivity index (χ1n) is 8.62. The van der Waals surface area contributed by atoms with Crippen molar-refractivity contribution in [3.63, 3.8) is 0 Å². The standard InChI is InChI=1S/C18H26Cl2N6.HI/c1-12(2)14(7-13-5-6-15(19)8-16(13)20)9-22-18(21-3)23-10-17-24-11-25-26(17)4;/h5-6,8,11-12,14H,7,9-10H2,1-4H3,(H2,21,22,23);1H. The molecule has 6 nitrogen and oxygen atoms in total. The summed E-state index contributed by atoms with van der Waals surface area (Å²) in [4.78, 5) is 8.48. The van der Waals surface area contributed by atoms with Gasteiger partial charge >= 0.3 is 0 Å². The highest BCUT2D eigenvalue weighted by molar-refractivity contribution is 14.0. The van der Waals surface area contributed by atoms with Crippen LogP contribution in [0, 0.1) is 11.8 Å². The van der Waals surface area contributed by atoms with Gasteiger partial charge in [-0.05, 0) is 36.0 Å². The van der Waals surface area contributed by atoms with Crippen molar-refractivity contribution >= 4 is 53.1 Å². The predicted molar refractivity (Wildman–Crippen MR) is 123 cm³/mol. The molecule has 0 spiro atoms. The van der Waals surface area contributed by atoms with E-state index in [2.05, 4.69) is 39.6 Å². The molecule has 150 valence electrons. The van der Waals surface area contributed by atoms with Crippen LogP contribution in [0.25, 0.3) is 0 Å². The summed E-state index contributed by atoms with van der Waals surface area (Å²) >= 11 is 12.3. The van der Waals surface area contributed by atoms with Gasteiger partial charge in [0.1, 0.15) is 12.2 Å². The van der Waals surface area contributed by atoms with E-state index in [0.717, 1.165) is 30.3 Å². The third kappa shape index (κ3) is 7.46. The number of guanidine groups is 1. The van der Waals surface area contributed by atoms with Gasteiger partial charge in [0.2, 0.25) is 0 Å². The minimum absolute atomic E-state index is 0. The lowest BCUT2D eigenvalue weighted by atomic mass is 9.89. The van der Waals surface area contributed by atoms with E-state index in [0.29, 0.717) is 28.4 Å². The fourth-order valence-electron chi connectivity index (χ4n) is 2.60. The number of halogens is 3. The Balaban J connectivity index is 0.00000364. The van der Waals surface area contributed by atoms with Crippen LogP contribution in [0.15, 0.2) is 29.5 Å². The lowest BCUT2D eigenvalue weighted by Gasteiger charge is -2.23. The minimum atomic E-state index is 0. The van der Waals surface area contributed by atoms with Crippen LogP contribution in [0.2, 0.25) is 10.0 Å². The summed E-state index contributed by atoms with van der Waals surface area (Å²) in [6, 6.07) is 5.68. The van der Waals surface area contributed by atoms with Gasteiger partial charge in [0.25, 0.3) is 0 Å². The van der Waals surface area contributed by atoms with Gasteiger partial charge in [-0.15, -0.1) is 24.0 Å². The summed E-state index contributed by atoms with van der Waals surface area (Å²) < 4.78 is 1.74. The fraction of sp³-hybridized carbons (Fsp3) is 0.500. The molecule has 2 N–H and O–H groups in total. The molecule has 1 aromatic carbocycles. The van der Waals surface area contributed by atoms with Gasteiger partial charge in [-0.2, -0.15) is 5.10 Å². The van der Waals surface area contributed by atoms with Crippen LogP contribution in [-0.4, -0.2) is 34.3 Å². The number of hydrogen-bond donors (Lipinski definition) is 2. The first-order chi connectivity index (χ1) is 12.4. The normalized spacial score (nSPS) is 12.6. The summed E-state index contributed by atoms with van der Waals surface area (Å²) in [5.74, 6) is 2.48. The molecule has 1 unspecified atom stereocenters. The van der Waals surface area contributed by atoms with E-state index in [4.69, 9.17) is 23.2 Å². The van der Waals surface area contributed by atoms with Crippen LogP contribution >= 0.6 is 47.2 Å². The van der Waals surface area contributed by atoms with Crippen molar-refractivity contribution in [2.24, 2.45) is 23.9 Å². The number of nitrogens with zero attached hydrogens (tertiary/aromatic N) is 4. The fourth-order valence-corrected chi connectivity index (χ4v) is 3.09. The van der Waals surface area contributed by atoms with Gasteiger partial charge in [-0.1, -0.05) is 43.1 Å². The second-order valence-corrected chi connectivity index (χ2v) is 7.39. The zero-order valence-corrected chi connectivity index (χ0v) is 19.9. The van der Waals surface area contributed by atoms with Gasteiger partial charge < -0.3 is 10.6 Å². The third-order valence-corrected chi connectivity index (χ3v) is 5.00. The first-order valence-corrected chi connectivity index (χ1v) is 9.37. The molecule has 1 heterocycles. The Hall–Kier alpha value is -1.06. The number of nitrogens with one attached hydrogen (secondary N) is 2. The molecule has 0 saturated carbocycles. The van der Waals surface area contributed by atoms with Crippen molar-refractivity contribution in [1.29, 1.82) is 0 Å². The largest absolute Gasteiger partial charge is 0.356 e. The Labute approximate surface area is 188 Å². The molecular weight excluding hydrogens is 498 g/mol. The molecule has 0 bridgehead atoms. The number of aliphatic imine (C=N–C) groups is 1. The molecule has 2 rings (SSSR count). The van der Waals surface area contributed by atoms with E-state index in [9.17, 15) is 0 Å². The summed E-state index contributed by atoms with van der Waals surface area (Å²) in [7, 11) is 3.62. The lowest BCUT2D eigenvalue weighted by molar-refractivity contribution is 0.378.